The second-order valence-corrected chi connectivity index (χ2v) is 7.07. The van der Waals surface area contributed by atoms with E-state index in [1.165, 1.54) is 10.4 Å². The van der Waals surface area contributed by atoms with Crippen molar-refractivity contribution in [3.05, 3.63) is 69.6 Å². The van der Waals surface area contributed by atoms with Crippen molar-refractivity contribution in [2.75, 3.05) is 12.4 Å². The smallest absolute Gasteiger partial charge is 0.247 e. The van der Waals surface area contributed by atoms with E-state index in [-0.39, 0.29) is 5.91 Å². The first-order valence-corrected chi connectivity index (χ1v) is 8.95. The maximum Gasteiger partial charge on any atom is 0.247 e. The molecule has 25 heavy (non-hydrogen) atoms. The monoisotopic (exact) mass is 355 g/mol. The van der Waals surface area contributed by atoms with Crippen molar-refractivity contribution in [1.82, 2.24) is 10.1 Å². The Morgan fingerprint density at radius 3 is 2.64 bits per heavy atom. The molecule has 130 valence electrons. The van der Waals surface area contributed by atoms with Crippen LogP contribution in [0.4, 0.5) is 5.82 Å². The van der Waals surface area contributed by atoms with Crippen molar-refractivity contribution in [3.8, 4) is 0 Å². The van der Waals surface area contributed by atoms with Crippen LogP contribution in [0.15, 0.2) is 52.4 Å². The molecule has 0 saturated heterocycles. The molecule has 0 saturated carbocycles. The molecule has 0 radical (unpaired) electrons. The number of anilines is 1. The highest BCUT2D eigenvalue weighted by Crippen LogP contribution is 2.26. The van der Waals surface area contributed by atoms with Crippen LogP contribution in [0.2, 0.25) is 0 Å². The number of hydrogen-bond donors (Lipinski definition) is 1. The zero-order chi connectivity index (χ0) is 17.8. The number of rotatable bonds is 6. The van der Waals surface area contributed by atoms with Crippen molar-refractivity contribution < 1.29 is 9.32 Å². The van der Waals surface area contributed by atoms with Crippen LogP contribution < -0.4 is 5.32 Å². The van der Waals surface area contributed by atoms with Crippen molar-refractivity contribution >= 4 is 23.1 Å². The summed E-state index contributed by atoms with van der Waals surface area (Å²) in [5.41, 5.74) is 2.19. The lowest BCUT2D eigenvalue weighted by atomic mass is 10.0. The Kier molecular flexibility index (Phi) is 5.31. The summed E-state index contributed by atoms with van der Waals surface area (Å²) in [6.45, 7) is 4.59. The lowest BCUT2D eigenvalue weighted by molar-refractivity contribution is -0.121. The van der Waals surface area contributed by atoms with Gasteiger partial charge in [0, 0.05) is 17.5 Å². The molecule has 0 fully saturated rings. The summed E-state index contributed by atoms with van der Waals surface area (Å²) in [4.78, 5) is 16.3. The summed E-state index contributed by atoms with van der Waals surface area (Å²) in [6, 6.07) is 13.2. The van der Waals surface area contributed by atoms with Gasteiger partial charge in [-0.25, -0.2) is 0 Å². The van der Waals surface area contributed by atoms with E-state index >= 15 is 0 Å². The molecule has 1 aromatic carbocycles. The minimum Gasteiger partial charge on any atom is -0.360 e. The van der Waals surface area contributed by atoms with Gasteiger partial charge < -0.3 is 9.84 Å². The van der Waals surface area contributed by atoms with Crippen molar-refractivity contribution in [2.45, 2.75) is 26.4 Å². The summed E-state index contributed by atoms with van der Waals surface area (Å²) >= 11 is 1.71. The van der Waals surface area contributed by atoms with Gasteiger partial charge in [-0.15, -0.1) is 11.3 Å². The molecule has 0 aliphatic heterocycles. The van der Waals surface area contributed by atoms with Gasteiger partial charge in [0.1, 0.15) is 11.8 Å². The quantitative estimate of drug-likeness (QED) is 0.721. The summed E-state index contributed by atoms with van der Waals surface area (Å²) in [6.07, 6.45) is 0. The predicted octanol–water partition coefficient (Wildman–Crippen LogP) is 4.16. The number of nitrogens with one attached hydrogen (secondary N) is 1. The number of likely N-dealkylation sites (N-methyl/N-ethyl adjacent to an activating group) is 1. The van der Waals surface area contributed by atoms with Gasteiger partial charge in [-0.05, 0) is 43.5 Å². The van der Waals surface area contributed by atoms with E-state index in [4.69, 9.17) is 4.52 Å². The van der Waals surface area contributed by atoms with Crippen molar-refractivity contribution in [3.63, 3.8) is 0 Å². The van der Waals surface area contributed by atoms with Crippen LogP contribution >= 0.6 is 11.3 Å². The van der Waals surface area contributed by atoms with Gasteiger partial charge >= 0.3 is 0 Å². The Hall–Kier alpha value is -2.44. The first-order valence-electron chi connectivity index (χ1n) is 8.07. The Balaban J connectivity index is 1.84. The number of thiophene rings is 1. The number of carbonyl (C=O) groups excluding carboxylic acids is 1. The highest BCUT2D eigenvalue weighted by atomic mass is 32.1. The molecule has 0 bridgehead atoms. The normalized spacial score (nSPS) is 12.3. The summed E-state index contributed by atoms with van der Waals surface area (Å²) in [5, 5.41) is 8.79. The number of carbonyl (C=O) groups is 1. The van der Waals surface area contributed by atoms with E-state index in [1.54, 1.807) is 24.3 Å². The molecule has 1 amide bonds. The van der Waals surface area contributed by atoms with Crippen LogP contribution in [0, 0.1) is 13.8 Å². The average Bonchev–Trinajstić information content (AvgIpc) is 3.17. The second kappa shape index (κ2) is 7.63. The third-order valence-electron chi connectivity index (χ3n) is 4.04. The van der Waals surface area contributed by atoms with Gasteiger partial charge in [-0.3, -0.25) is 9.69 Å². The fourth-order valence-electron chi connectivity index (χ4n) is 2.75. The van der Waals surface area contributed by atoms with Crippen LogP contribution in [-0.4, -0.2) is 23.0 Å². The maximum absolute atomic E-state index is 12.9. The third kappa shape index (κ3) is 4.15. The lowest BCUT2D eigenvalue weighted by Crippen LogP contribution is -2.34. The molecule has 3 rings (SSSR count). The van der Waals surface area contributed by atoms with E-state index in [2.05, 4.69) is 33.7 Å². The van der Waals surface area contributed by atoms with Gasteiger partial charge in [-0.1, -0.05) is 35.5 Å². The van der Waals surface area contributed by atoms with Crippen LogP contribution in [0.3, 0.4) is 0 Å². The molecule has 2 aromatic heterocycles. The average molecular weight is 355 g/mol. The standard InChI is InChI=1S/C19H21N3O2S/c1-13-9-10-25-16(13)12-22(3)18(15-7-5-4-6-8-15)19(23)20-17-11-14(2)24-21-17/h4-11,18H,12H2,1-3H3,(H,20,21,23). The topological polar surface area (TPSA) is 58.4 Å². The Morgan fingerprint density at radius 1 is 1.28 bits per heavy atom. The molecular weight excluding hydrogens is 334 g/mol. The molecule has 0 spiro atoms. The second-order valence-electron chi connectivity index (χ2n) is 6.07. The molecule has 1 atom stereocenters. The minimum absolute atomic E-state index is 0.129. The van der Waals surface area contributed by atoms with Gasteiger partial charge in [0.05, 0.1) is 0 Å². The first kappa shape index (κ1) is 17.4. The maximum atomic E-state index is 12.9. The molecule has 2 heterocycles. The zero-order valence-electron chi connectivity index (χ0n) is 14.5. The van der Waals surface area contributed by atoms with Gasteiger partial charge in [0.2, 0.25) is 5.91 Å². The number of benzene rings is 1. The highest BCUT2D eigenvalue weighted by Gasteiger charge is 2.26. The number of amides is 1. The summed E-state index contributed by atoms with van der Waals surface area (Å²) < 4.78 is 5.04. The van der Waals surface area contributed by atoms with Crippen LogP contribution in [-0.2, 0) is 11.3 Å². The Bertz CT molecular complexity index is 841. The number of hydrogen-bond acceptors (Lipinski definition) is 5. The fourth-order valence-corrected chi connectivity index (χ4v) is 3.71. The van der Waals surface area contributed by atoms with Gasteiger partial charge in [-0.2, -0.15) is 0 Å². The lowest BCUT2D eigenvalue weighted by Gasteiger charge is -2.27. The largest absolute Gasteiger partial charge is 0.360 e. The first-order chi connectivity index (χ1) is 12.0. The zero-order valence-corrected chi connectivity index (χ0v) is 15.3. The molecule has 0 aliphatic rings. The van der Waals surface area contributed by atoms with E-state index in [9.17, 15) is 4.79 Å². The van der Waals surface area contributed by atoms with E-state index in [0.29, 0.717) is 18.1 Å². The van der Waals surface area contributed by atoms with Gasteiger partial charge in [0.25, 0.3) is 0 Å². The fraction of sp³-hybridized carbons (Fsp3) is 0.263. The van der Waals surface area contributed by atoms with Crippen LogP contribution in [0.5, 0.6) is 0 Å². The Morgan fingerprint density at radius 2 is 2.04 bits per heavy atom. The highest BCUT2D eigenvalue weighted by molar-refractivity contribution is 7.10. The summed E-state index contributed by atoms with van der Waals surface area (Å²) in [7, 11) is 1.96. The van der Waals surface area contributed by atoms with Crippen molar-refractivity contribution in [1.29, 1.82) is 0 Å². The Labute approximate surface area is 151 Å². The number of nitrogens with zero attached hydrogens (tertiary/aromatic N) is 2. The van der Waals surface area contributed by atoms with Crippen molar-refractivity contribution in [2.24, 2.45) is 0 Å². The van der Waals surface area contributed by atoms with Crippen LogP contribution in [0.25, 0.3) is 0 Å². The van der Waals surface area contributed by atoms with E-state index in [1.807, 2.05) is 37.4 Å². The van der Waals surface area contributed by atoms with Crippen LogP contribution in [0.1, 0.15) is 27.8 Å². The number of aryl methyl sites for hydroxylation is 2. The number of aromatic nitrogens is 1. The molecule has 6 heteroatoms. The predicted molar refractivity (Wildman–Crippen MR) is 99.6 cm³/mol. The van der Waals surface area contributed by atoms with E-state index in [0.717, 1.165) is 5.56 Å². The molecule has 1 unspecified atom stereocenters. The third-order valence-corrected chi connectivity index (χ3v) is 5.05. The molecular formula is C19H21N3O2S. The van der Waals surface area contributed by atoms with Gasteiger partial charge in [0.15, 0.2) is 5.82 Å². The molecule has 0 aliphatic carbocycles. The molecule has 1 N–H and O–H groups in total. The SMILES string of the molecule is Cc1cc(NC(=O)C(c2ccccc2)N(C)Cc2sccc2C)no1. The molecule has 3 aromatic rings. The van der Waals surface area contributed by atoms with E-state index < -0.39 is 6.04 Å². The molecule has 5 nitrogen and oxygen atoms in total. The minimum atomic E-state index is -0.417. The summed E-state index contributed by atoms with van der Waals surface area (Å²) in [5.74, 6) is 0.967.